The van der Waals surface area contributed by atoms with Gasteiger partial charge in [0, 0.05) is 26.4 Å². The number of hydrogen-bond acceptors (Lipinski definition) is 7. The number of likely N-dealkylation sites (N-methyl/N-ethyl adjacent to an activating group) is 1. The van der Waals surface area contributed by atoms with Gasteiger partial charge < -0.3 is 30.1 Å². The number of rotatable bonds is 37. The highest BCUT2D eigenvalue weighted by atomic mass is 16.5. The summed E-state index contributed by atoms with van der Waals surface area (Å²) >= 11 is 0. The first kappa shape index (κ1) is 49.3. The molecule has 4 unspecified atom stereocenters. The molecule has 0 aromatic rings. The highest BCUT2D eigenvalue weighted by Crippen LogP contribution is 2.14. The average Bonchev–Trinajstić information content (AvgIpc) is 3.12. The van der Waals surface area contributed by atoms with Gasteiger partial charge in [0.1, 0.15) is 31.0 Å². The van der Waals surface area contributed by atoms with Crippen LogP contribution in [0.1, 0.15) is 194 Å². The van der Waals surface area contributed by atoms with E-state index < -0.39 is 37.0 Å². The summed E-state index contributed by atoms with van der Waals surface area (Å²) in [7, 11) is 1.55. The van der Waals surface area contributed by atoms with Crippen LogP contribution in [0.4, 0.5) is 0 Å². The first-order chi connectivity index (χ1) is 24.7. The van der Waals surface area contributed by atoms with E-state index in [2.05, 4.69) is 38.2 Å². The minimum atomic E-state index is -1.72. The Morgan fingerprint density at radius 1 is 0.510 bits per heavy atom. The van der Waals surface area contributed by atoms with Gasteiger partial charge in [-0.3, -0.25) is 9.59 Å². The molecular formula is C43H81NO7. The Kier molecular flexibility index (Phi) is 35.4. The number of unbranched alkanes of at least 4 members (excludes halogenated alkanes) is 22. The fourth-order valence-electron chi connectivity index (χ4n) is 6.17. The second-order valence-corrected chi connectivity index (χ2v) is 14.7. The molecule has 1 amide bonds. The molecule has 4 atom stereocenters. The molecule has 0 saturated carbocycles. The van der Waals surface area contributed by atoms with Crippen molar-refractivity contribution in [3.8, 4) is 0 Å². The second-order valence-electron chi connectivity index (χ2n) is 14.7. The number of aliphatic hydroxyl groups excluding tert-OH is 4. The van der Waals surface area contributed by atoms with Crippen molar-refractivity contribution in [2.45, 2.75) is 218 Å². The molecule has 0 saturated heterocycles. The summed E-state index contributed by atoms with van der Waals surface area (Å²) in [6.45, 7) is 3.84. The number of nitrogens with zero attached hydrogens (tertiary/aromatic N) is 1. The second kappa shape index (κ2) is 36.6. The molecule has 0 bridgehead atoms. The molecule has 8 heteroatoms. The summed E-state index contributed by atoms with van der Waals surface area (Å²) in [6, 6.07) is 0. The quantitative estimate of drug-likeness (QED) is 0.0286. The minimum Gasteiger partial charge on any atom is -0.463 e. The van der Waals surface area contributed by atoms with Gasteiger partial charge in [-0.25, -0.2) is 0 Å². The molecule has 300 valence electrons. The molecule has 0 rings (SSSR count). The van der Waals surface area contributed by atoms with Crippen LogP contribution in [-0.4, -0.2) is 81.8 Å². The number of carbonyl (C=O) groups is 2. The standard InChI is InChI=1S/C43H81NO7/c1-4-6-8-10-12-14-16-18-20-22-24-26-28-30-32-34-40(47)44(3)36-38(45)42(49)43(50)39(46)37-51-41(48)35-33-31-29-27-25-23-21-19-17-15-13-11-9-7-5-2/h16,18-19,21,38-39,42-43,45-46,49-50H,4-15,17,20,22-37H2,1-3H3/b18-16+,21-19+. The van der Waals surface area contributed by atoms with Gasteiger partial charge in [-0.15, -0.1) is 0 Å². The zero-order chi connectivity index (χ0) is 37.8. The highest BCUT2D eigenvalue weighted by Gasteiger charge is 2.32. The third kappa shape index (κ3) is 31.5. The maximum absolute atomic E-state index is 12.5. The topological polar surface area (TPSA) is 128 Å². The predicted octanol–water partition coefficient (Wildman–Crippen LogP) is 9.51. The van der Waals surface area contributed by atoms with E-state index in [0.717, 1.165) is 64.2 Å². The lowest BCUT2D eigenvalue weighted by molar-refractivity contribution is -0.156. The van der Waals surface area contributed by atoms with E-state index in [4.69, 9.17) is 4.74 Å². The van der Waals surface area contributed by atoms with E-state index in [9.17, 15) is 30.0 Å². The van der Waals surface area contributed by atoms with Crippen molar-refractivity contribution in [2.75, 3.05) is 20.2 Å². The van der Waals surface area contributed by atoms with Gasteiger partial charge in [0.05, 0.1) is 0 Å². The molecule has 51 heavy (non-hydrogen) atoms. The summed E-state index contributed by atoms with van der Waals surface area (Å²) in [5.74, 6) is -0.601. The lowest BCUT2D eigenvalue weighted by atomic mass is 10.0. The fourth-order valence-corrected chi connectivity index (χ4v) is 6.17. The Balaban J connectivity index is 3.88. The van der Waals surface area contributed by atoms with Crippen LogP contribution in [0.25, 0.3) is 0 Å². The third-order valence-electron chi connectivity index (χ3n) is 9.74. The van der Waals surface area contributed by atoms with Gasteiger partial charge >= 0.3 is 5.97 Å². The molecule has 0 aliphatic heterocycles. The fraction of sp³-hybridized carbons (Fsp3) is 0.860. The number of carbonyl (C=O) groups excluding carboxylic acids is 2. The Labute approximate surface area is 313 Å². The summed E-state index contributed by atoms with van der Waals surface area (Å²) < 4.78 is 5.09. The molecule has 0 heterocycles. The summed E-state index contributed by atoms with van der Waals surface area (Å²) in [4.78, 5) is 26.0. The molecule has 0 aliphatic carbocycles. The first-order valence-electron chi connectivity index (χ1n) is 21.2. The van der Waals surface area contributed by atoms with Crippen LogP contribution in [0.5, 0.6) is 0 Å². The van der Waals surface area contributed by atoms with E-state index in [1.165, 1.54) is 101 Å². The SMILES string of the molecule is CCCCCCC/C=C/CCCCCCCCC(=O)N(C)CC(O)C(O)C(O)C(O)COC(=O)CCCCCCC/C=C/CCCCCCCC. The van der Waals surface area contributed by atoms with Crippen LogP contribution in [0.2, 0.25) is 0 Å². The van der Waals surface area contributed by atoms with Crippen molar-refractivity contribution in [3.05, 3.63) is 24.3 Å². The van der Waals surface area contributed by atoms with Crippen molar-refractivity contribution in [3.63, 3.8) is 0 Å². The first-order valence-corrected chi connectivity index (χ1v) is 21.2. The average molecular weight is 724 g/mol. The van der Waals surface area contributed by atoms with Gasteiger partial charge in [-0.2, -0.15) is 0 Å². The zero-order valence-corrected chi connectivity index (χ0v) is 33.3. The van der Waals surface area contributed by atoms with E-state index in [1.807, 2.05) is 0 Å². The smallest absolute Gasteiger partial charge is 0.305 e. The van der Waals surface area contributed by atoms with Crippen LogP contribution in [0.15, 0.2) is 24.3 Å². The van der Waals surface area contributed by atoms with Crippen molar-refractivity contribution in [1.29, 1.82) is 0 Å². The maximum atomic E-state index is 12.5. The van der Waals surface area contributed by atoms with E-state index >= 15 is 0 Å². The molecule has 0 fully saturated rings. The molecule has 0 radical (unpaired) electrons. The molecular weight excluding hydrogens is 642 g/mol. The summed E-state index contributed by atoms with van der Waals surface area (Å²) in [5.41, 5.74) is 0. The van der Waals surface area contributed by atoms with Gasteiger partial charge in [-0.05, 0) is 64.2 Å². The van der Waals surface area contributed by atoms with Crippen LogP contribution >= 0.6 is 0 Å². The van der Waals surface area contributed by atoms with Crippen LogP contribution in [0.3, 0.4) is 0 Å². The number of hydrogen-bond donors (Lipinski definition) is 4. The van der Waals surface area contributed by atoms with Gasteiger partial charge in [0.15, 0.2) is 0 Å². The molecule has 0 aromatic heterocycles. The third-order valence-corrected chi connectivity index (χ3v) is 9.74. The van der Waals surface area contributed by atoms with Crippen LogP contribution in [0, 0.1) is 0 Å². The van der Waals surface area contributed by atoms with E-state index in [1.54, 1.807) is 7.05 Å². The highest BCUT2D eigenvalue weighted by molar-refractivity contribution is 5.75. The Hall–Kier alpha value is -1.74. The van der Waals surface area contributed by atoms with Gasteiger partial charge in [-0.1, -0.05) is 141 Å². The largest absolute Gasteiger partial charge is 0.463 e. The van der Waals surface area contributed by atoms with Crippen LogP contribution < -0.4 is 0 Å². The molecule has 4 N–H and O–H groups in total. The number of aliphatic hydroxyl groups is 4. The number of allylic oxidation sites excluding steroid dienone is 4. The number of esters is 1. The molecule has 8 nitrogen and oxygen atoms in total. The molecule has 0 aromatic carbocycles. The normalized spacial score (nSPS) is 14.3. The van der Waals surface area contributed by atoms with Crippen molar-refractivity contribution >= 4 is 11.9 Å². The van der Waals surface area contributed by atoms with Gasteiger partial charge in [0.25, 0.3) is 0 Å². The Bertz CT molecular complexity index is 848. The monoisotopic (exact) mass is 724 g/mol. The van der Waals surface area contributed by atoms with Gasteiger partial charge in [0.2, 0.25) is 5.91 Å². The van der Waals surface area contributed by atoms with E-state index in [0.29, 0.717) is 12.8 Å². The van der Waals surface area contributed by atoms with Crippen molar-refractivity contribution < 1.29 is 34.8 Å². The Morgan fingerprint density at radius 3 is 1.29 bits per heavy atom. The maximum Gasteiger partial charge on any atom is 0.305 e. The summed E-state index contributed by atoms with van der Waals surface area (Å²) in [5, 5.41) is 41.4. The zero-order valence-electron chi connectivity index (χ0n) is 33.3. The minimum absolute atomic E-state index is 0.138. The lowest BCUT2D eigenvalue weighted by Crippen LogP contribution is -2.50. The number of ether oxygens (including phenoxy) is 1. The van der Waals surface area contributed by atoms with Crippen LogP contribution in [-0.2, 0) is 14.3 Å². The van der Waals surface area contributed by atoms with Crippen molar-refractivity contribution in [1.82, 2.24) is 4.90 Å². The van der Waals surface area contributed by atoms with E-state index in [-0.39, 0.29) is 18.9 Å². The molecule has 0 aliphatic rings. The summed E-state index contributed by atoms with van der Waals surface area (Å²) in [6.07, 6.45) is 34.0. The number of amides is 1. The molecule has 0 spiro atoms. The Morgan fingerprint density at radius 2 is 0.863 bits per heavy atom. The lowest BCUT2D eigenvalue weighted by Gasteiger charge is -2.29. The van der Waals surface area contributed by atoms with Crippen molar-refractivity contribution in [2.24, 2.45) is 0 Å². The predicted molar refractivity (Wildman–Crippen MR) is 212 cm³/mol.